The van der Waals surface area contributed by atoms with Gasteiger partial charge in [0, 0.05) is 0 Å². The van der Waals surface area contributed by atoms with Crippen LogP contribution in [0.4, 0.5) is 5.69 Å². The molecule has 2 aromatic rings. The lowest BCUT2D eigenvalue weighted by Crippen LogP contribution is -1.95. The number of nitro groups is 1. The van der Waals surface area contributed by atoms with Crippen LogP contribution in [-0.4, -0.2) is 12.0 Å². The number of benzene rings is 2. The van der Waals surface area contributed by atoms with E-state index in [2.05, 4.69) is 15.9 Å². The molecule has 0 N–H and O–H groups in total. The molecule has 0 unspecified atom stereocenters. The second kappa shape index (κ2) is 6.11. The highest BCUT2D eigenvalue weighted by Gasteiger charge is 2.21. The number of nitrogens with zero attached hydrogens (tertiary/aromatic N) is 1. The number of hydrogen-bond donors (Lipinski definition) is 0. The zero-order valence-corrected chi connectivity index (χ0v) is 12.6. The lowest BCUT2D eigenvalue weighted by atomic mass is 10.3. The third-order valence-electron chi connectivity index (χ3n) is 2.49. The number of para-hydroxylation sites is 1. The van der Waals surface area contributed by atoms with Gasteiger partial charge >= 0.3 is 5.69 Å². The minimum absolute atomic E-state index is 0.0251. The number of rotatable bonds is 4. The van der Waals surface area contributed by atoms with Gasteiger partial charge in [-0.15, -0.1) is 0 Å². The second-order valence-corrected chi connectivity index (χ2v) is 5.00. The summed E-state index contributed by atoms with van der Waals surface area (Å²) in [4.78, 5) is 10.5. The highest BCUT2D eigenvalue weighted by atomic mass is 79.9. The van der Waals surface area contributed by atoms with E-state index in [0.29, 0.717) is 16.0 Å². The van der Waals surface area contributed by atoms with Gasteiger partial charge in [-0.1, -0.05) is 17.7 Å². The summed E-state index contributed by atoms with van der Waals surface area (Å²) in [5.74, 6) is 1.15. The Kier molecular flexibility index (Phi) is 4.46. The molecule has 0 amide bonds. The first-order valence-corrected chi connectivity index (χ1v) is 6.64. The predicted octanol–water partition coefficient (Wildman–Crippen LogP) is 4.81. The highest BCUT2D eigenvalue weighted by Crippen LogP contribution is 2.39. The van der Waals surface area contributed by atoms with E-state index in [-0.39, 0.29) is 16.5 Å². The molecule has 0 radical (unpaired) electrons. The van der Waals surface area contributed by atoms with Crippen LogP contribution in [0, 0.1) is 10.1 Å². The molecule has 2 aromatic carbocycles. The highest BCUT2D eigenvalue weighted by molar-refractivity contribution is 9.10. The fourth-order valence-corrected chi connectivity index (χ4v) is 2.24. The molecule has 0 aliphatic carbocycles. The zero-order valence-electron chi connectivity index (χ0n) is 10.3. The minimum Gasteiger partial charge on any atom is -0.497 e. The molecule has 0 spiro atoms. The van der Waals surface area contributed by atoms with Gasteiger partial charge in [-0.2, -0.15) is 0 Å². The summed E-state index contributed by atoms with van der Waals surface area (Å²) in [5.41, 5.74) is -0.267. The summed E-state index contributed by atoms with van der Waals surface area (Å²) in [6.45, 7) is 0. The number of ether oxygens (including phenoxy) is 2. The van der Waals surface area contributed by atoms with E-state index in [0.717, 1.165) is 0 Å². The van der Waals surface area contributed by atoms with Crippen molar-refractivity contribution in [2.24, 2.45) is 0 Å². The van der Waals surface area contributed by atoms with E-state index in [1.54, 1.807) is 31.4 Å². The summed E-state index contributed by atoms with van der Waals surface area (Å²) in [7, 11) is 1.55. The fourth-order valence-electron chi connectivity index (χ4n) is 1.56. The van der Waals surface area contributed by atoms with Gasteiger partial charge in [0.1, 0.15) is 16.5 Å². The first-order valence-electron chi connectivity index (χ1n) is 5.47. The average molecular weight is 359 g/mol. The SMILES string of the molecule is COc1ccc(Oc2cccc(Cl)c2[N+](=O)[O-])c(Br)c1. The van der Waals surface area contributed by atoms with Gasteiger partial charge in [0.2, 0.25) is 5.75 Å². The average Bonchev–Trinajstić information content (AvgIpc) is 2.40. The van der Waals surface area contributed by atoms with Crippen molar-refractivity contribution in [1.82, 2.24) is 0 Å². The molecular weight excluding hydrogens is 350 g/mol. The summed E-state index contributed by atoms with van der Waals surface area (Å²) >= 11 is 9.14. The predicted molar refractivity (Wildman–Crippen MR) is 78.9 cm³/mol. The van der Waals surface area contributed by atoms with Gasteiger partial charge in [0.05, 0.1) is 16.5 Å². The monoisotopic (exact) mass is 357 g/mol. The van der Waals surface area contributed by atoms with E-state index < -0.39 is 4.92 Å². The molecule has 2 rings (SSSR count). The molecule has 0 aromatic heterocycles. The lowest BCUT2D eigenvalue weighted by Gasteiger charge is -2.09. The Morgan fingerprint density at radius 2 is 2.00 bits per heavy atom. The second-order valence-electron chi connectivity index (χ2n) is 3.74. The molecule has 0 bridgehead atoms. The van der Waals surface area contributed by atoms with Crippen LogP contribution in [-0.2, 0) is 0 Å². The quantitative estimate of drug-likeness (QED) is 0.581. The molecule has 0 heterocycles. The Labute approximate surface area is 128 Å². The molecule has 0 fully saturated rings. The number of methoxy groups -OCH3 is 1. The lowest BCUT2D eigenvalue weighted by molar-refractivity contribution is -0.385. The van der Waals surface area contributed by atoms with Gasteiger partial charge in [-0.25, -0.2) is 0 Å². The number of hydrogen-bond acceptors (Lipinski definition) is 4. The summed E-state index contributed by atoms with van der Waals surface area (Å²) in [6, 6.07) is 9.55. The third kappa shape index (κ3) is 3.02. The first kappa shape index (κ1) is 14.6. The Balaban J connectivity index is 2.40. The number of nitro benzene ring substituents is 1. The van der Waals surface area contributed by atoms with Gasteiger partial charge in [-0.05, 0) is 46.3 Å². The van der Waals surface area contributed by atoms with Crippen LogP contribution in [0.15, 0.2) is 40.9 Å². The smallest absolute Gasteiger partial charge is 0.329 e. The maximum atomic E-state index is 11.0. The first-order chi connectivity index (χ1) is 9.52. The third-order valence-corrected chi connectivity index (χ3v) is 3.42. The normalized spacial score (nSPS) is 10.2. The van der Waals surface area contributed by atoms with Crippen LogP contribution in [0.1, 0.15) is 0 Å². The molecule has 0 atom stereocenters. The summed E-state index contributed by atoms with van der Waals surface area (Å²) in [5, 5.41) is 11.1. The van der Waals surface area contributed by atoms with Crippen LogP contribution in [0.5, 0.6) is 17.2 Å². The van der Waals surface area contributed by atoms with Crippen molar-refractivity contribution >= 4 is 33.2 Å². The molecule has 104 valence electrons. The van der Waals surface area contributed by atoms with Gasteiger partial charge in [0.25, 0.3) is 0 Å². The minimum atomic E-state index is -0.574. The van der Waals surface area contributed by atoms with Crippen molar-refractivity contribution in [2.45, 2.75) is 0 Å². The van der Waals surface area contributed by atoms with E-state index in [9.17, 15) is 10.1 Å². The Hall–Kier alpha value is -1.79. The zero-order chi connectivity index (χ0) is 14.7. The molecule has 0 saturated carbocycles. The van der Waals surface area contributed by atoms with E-state index in [4.69, 9.17) is 21.1 Å². The molecule has 0 aliphatic heterocycles. The molecule has 0 aliphatic rings. The largest absolute Gasteiger partial charge is 0.497 e. The molecule has 0 saturated heterocycles. The maximum absolute atomic E-state index is 11.0. The molecule has 7 heteroatoms. The van der Waals surface area contributed by atoms with Crippen LogP contribution in [0.25, 0.3) is 0 Å². The Bertz CT molecular complexity index is 663. The van der Waals surface area contributed by atoms with Crippen LogP contribution in [0.2, 0.25) is 5.02 Å². The van der Waals surface area contributed by atoms with Crippen molar-refractivity contribution in [2.75, 3.05) is 7.11 Å². The van der Waals surface area contributed by atoms with Crippen molar-refractivity contribution < 1.29 is 14.4 Å². The van der Waals surface area contributed by atoms with Gasteiger partial charge < -0.3 is 9.47 Å². The molecule has 20 heavy (non-hydrogen) atoms. The van der Waals surface area contributed by atoms with Gasteiger partial charge in [0.15, 0.2) is 0 Å². The van der Waals surface area contributed by atoms with Crippen molar-refractivity contribution in [1.29, 1.82) is 0 Å². The summed E-state index contributed by atoms with van der Waals surface area (Å²) in [6.07, 6.45) is 0. The van der Waals surface area contributed by atoms with E-state index in [1.807, 2.05) is 0 Å². The van der Waals surface area contributed by atoms with Crippen molar-refractivity contribution in [3.8, 4) is 17.2 Å². The van der Waals surface area contributed by atoms with E-state index >= 15 is 0 Å². The van der Waals surface area contributed by atoms with Crippen molar-refractivity contribution in [3.05, 3.63) is 56.0 Å². The van der Waals surface area contributed by atoms with Crippen LogP contribution in [0.3, 0.4) is 0 Å². The molecular formula is C13H9BrClNO4. The number of halogens is 2. The van der Waals surface area contributed by atoms with Crippen molar-refractivity contribution in [3.63, 3.8) is 0 Å². The Morgan fingerprint density at radius 3 is 2.60 bits per heavy atom. The Morgan fingerprint density at radius 1 is 1.25 bits per heavy atom. The van der Waals surface area contributed by atoms with Crippen LogP contribution < -0.4 is 9.47 Å². The molecule has 5 nitrogen and oxygen atoms in total. The topological polar surface area (TPSA) is 61.6 Å². The maximum Gasteiger partial charge on any atom is 0.329 e. The van der Waals surface area contributed by atoms with E-state index in [1.165, 1.54) is 12.1 Å². The van der Waals surface area contributed by atoms with Gasteiger partial charge in [-0.3, -0.25) is 10.1 Å². The van der Waals surface area contributed by atoms with Crippen LogP contribution >= 0.6 is 27.5 Å². The summed E-state index contributed by atoms with van der Waals surface area (Å²) < 4.78 is 11.2. The standard InChI is InChI=1S/C13H9BrClNO4/c1-19-8-5-6-11(9(14)7-8)20-12-4-2-3-10(15)13(12)16(17)18/h2-7H,1H3. The fraction of sp³-hybridized carbons (Fsp3) is 0.0769.